The molecule has 3 nitrogen and oxygen atoms in total. The lowest BCUT2D eigenvalue weighted by Gasteiger charge is -2.11. The molecule has 0 saturated carbocycles. The molecule has 1 aromatic heterocycles. The van der Waals surface area contributed by atoms with Gasteiger partial charge in [-0.05, 0) is 39.7 Å². The van der Waals surface area contributed by atoms with E-state index in [4.69, 9.17) is 23.2 Å². The standard InChI is InChI=1S/C9H2BrCl2F3N2O/c10-4-2-5-3(7(11)17-8(12)16-5)1-6(4)18-9(13,14)15/h1-2H. The largest absolute Gasteiger partial charge is 0.573 e. The van der Waals surface area contributed by atoms with Crippen LogP contribution in [0.15, 0.2) is 16.6 Å². The number of benzene rings is 1. The van der Waals surface area contributed by atoms with Crippen LogP contribution in [0, 0.1) is 0 Å². The van der Waals surface area contributed by atoms with E-state index in [-0.39, 0.29) is 20.3 Å². The summed E-state index contributed by atoms with van der Waals surface area (Å²) in [6.07, 6.45) is -4.80. The second-order valence-corrected chi connectivity index (χ2v) is 4.68. The van der Waals surface area contributed by atoms with Gasteiger partial charge in [-0.3, -0.25) is 0 Å². The summed E-state index contributed by atoms with van der Waals surface area (Å²) in [4.78, 5) is 7.47. The Labute approximate surface area is 117 Å². The molecular weight excluding hydrogens is 360 g/mol. The van der Waals surface area contributed by atoms with Gasteiger partial charge in [-0.15, -0.1) is 13.2 Å². The highest BCUT2D eigenvalue weighted by Crippen LogP contribution is 2.35. The van der Waals surface area contributed by atoms with E-state index < -0.39 is 12.1 Å². The Hall–Kier alpha value is -0.790. The van der Waals surface area contributed by atoms with Gasteiger partial charge in [0, 0.05) is 5.39 Å². The third kappa shape index (κ3) is 2.96. The molecule has 0 aliphatic rings. The summed E-state index contributed by atoms with van der Waals surface area (Å²) in [5.41, 5.74) is 0.307. The highest BCUT2D eigenvalue weighted by atomic mass is 79.9. The van der Waals surface area contributed by atoms with E-state index in [2.05, 4.69) is 30.6 Å². The van der Waals surface area contributed by atoms with Crippen molar-refractivity contribution in [3.63, 3.8) is 0 Å². The Morgan fingerprint density at radius 1 is 1.17 bits per heavy atom. The van der Waals surface area contributed by atoms with Crippen LogP contribution >= 0.6 is 39.1 Å². The summed E-state index contributed by atoms with van der Waals surface area (Å²) >= 11 is 14.3. The zero-order chi connectivity index (χ0) is 13.5. The van der Waals surface area contributed by atoms with Crippen LogP contribution in [-0.2, 0) is 0 Å². The van der Waals surface area contributed by atoms with Crippen LogP contribution in [0.1, 0.15) is 0 Å². The maximum absolute atomic E-state index is 12.2. The highest BCUT2D eigenvalue weighted by Gasteiger charge is 2.32. The number of rotatable bonds is 1. The predicted molar refractivity (Wildman–Crippen MR) is 63.9 cm³/mol. The molecule has 9 heteroatoms. The van der Waals surface area contributed by atoms with Crippen LogP contribution < -0.4 is 4.74 Å². The first-order valence-electron chi connectivity index (χ1n) is 4.34. The van der Waals surface area contributed by atoms with Gasteiger partial charge in [0.2, 0.25) is 5.28 Å². The van der Waals surface area contributed by atoms with Crippen molar-refractivity contribution in [1.29, 1.82) is 0 Å². The van der Waals surface area contributed by atoms with Crippen molar-refractivity contribution in [3.05, 3.63) is 27.0 Å². The molecule has 0 bridgehead atoms. The smallest absolute Gasteiger partial charge is 0.405 e. The maximum Gasteiger partial charge on any atom is 0.573 e. The third-order valence-corrected chi connectivity index (χ3v) is 2.98. The number of ether oxygens (including phenoxy) is 1. The minimum Gasteiger partial charge on any atom is -0.405 e. The van der Waals surface area contributed by atoms with Crippen LogP contribution in [0.25, 0.3) is 10.9 Å². The number of halogens is 6. The summed E-state index contributed by atoms with van der Waals surface area (Å²) in [6.45, 7) is 0. The Bertz CT molecular complexity index is 621. The number of alkyl halides is 3. The molecule has 0 saturated heterocycles. The van der Waals surface area contributed by atoms with Crippen molar-refractivity contribution >= 4 is 50.0 Å². The number of hydrogen-bond acceptors (Lipinski definition) is 3. The fraction of sp³-hybridized carbons (Fsp3) is 0.111. The van der Waals surface area contributed by atoms with Crippen LogP contribution in [-0.4, -0.2) is 16.3 Å². The highest BCUT2D eigenvalue weighted by molar-refractivity contribution is 9.10. The van der Waals surface area contributed by atoms with Crippen LogP contribution in [0.2, 0.25) is 10.4 Å². The lowest BCUT2D eigenvalue weighted by atomic mass is 10.2. The van der Waals surface area contributed by atoms with Crippen LogP contribution in [0.5, 0.6) is 5.75 Å². The monoisotopic (exact) mass is 360 g/mol. The Kier molecular flexibility index (Phi) is 3.57. The zero-order valence-electron chi connectivity index (χ0n) is 8.23. The van der Waals surface area contributed by atoms with E-state index in [1.165, 1.54) is 6.07 Å². The van der Waals surface area contributed by atoms with E-state index in [1.54, 1.807) is 0 Å². The maximum atomic E-state index is 12.2. The van der Waals surface area contributed by atoms with Gasteiger partial charge in [0.1, 0.15) is 10.9 Å². The van der Waals surface area contributed by atoms with E-state index in [1.807, 2.05) is 0 Å². The van der Waals surface area contributed by atoms with E-state index in [0.717, 1.165) is 6.07 Å². The molecule has 0 fully saturated rings. The minimum atomic E-state index is -4.80. The molecule has 1 heterocycles. The summed E-state index contributed by atoms with van der Waals surface area (Å²) in [5.74, 6) is -0.428. The molecule has 0 radical (unpaired) electrons. The molecule has 96 valence electrons. The van der Waals surface area contributed by atoms with Gasteiger partial charge < -0.3 is 4.74 Å². The Morgan fingerprint density at radius 3 is 2.44 bits per heavy atom. The fourth-order valence-corrected chi connectivity index (χ4v) is 2.13. The van der Waals surface area contributed by atoms with Crippen molar-refractivity contribution in [2.75, 3.05) is 0 Å². The first-order chi connectivity index (χ1) is 8.26. The topological polar surface area (TPSA) is 35.0 Å². The molecule has 0 unspecified atom stereocenters. The lowest BCUT2D eigenvalue weighted by Crippen LogP contribution is -2.17. The quantitative estimate of drug-likeness (QED) is 0.550. The average Bonchev–Trinajstić information content (AvgIpc) is 2.18. The lowest BCUT2D eigenvalue weighted by molar-refractivity contribution is -0.274. The first kappa shape index (κ1) is 13.6. The van der Waals surface area contributed by atoms with E-state index in [9.17, 15) is 13.2 Å². The molecule has 0 N–H and O–H groups in total. The zero-order valence-corrected chi connectivity index (χ0v) is 11.3. The third-order valence-electron chi connectivity index (χ3n) is 1.90. The predicted octanol–water partition coefficient (Wildman–Crippen LogP) is 4.60. The van der Waals surface area contributed by atoms with Crippen molar-refractivity contribution in [1.82, 2.24) is 9.97 Å². The molecule has 0 amide bonds. The normalized spacial score (nSPS) is 11.9. The van der Waals surface area contributed by atoms with Crippen LogP contribution in [0.4, 0.5) is 13.2 Å². The molecule has 0 atom stereocenters. The summed E-state index contributed by atoms with van der Waals surface area (Å²) in [7, 11) is 0. The van der Waals surface area contributed by atoms with Crippen molar-refractivity contribution in [2.45, 2.75) is 6.36 Å². The number of aromatic nitrogens is 2. The van der Waals surface area contributed by atoms with Gasteiger partial charge >= 0.3 is 6.36 Å². The van der Waals surface area contributed by atoms with Gasteiger partial charge in [-0.1, -0.05) is 11.6 Å². The molecule has 0 aliphatic heterocycles. The van der Waals surface area contributed by atoms with E-state index in [0.29, 0.717) is 5.52 Å². The van der Waals surface area contributed by atoms with E-state index >= 15 is 0 Å². The SMILES string of the molecule is FC(F)(F)Oc1cc2c(Cl)nc(Cl)nc2cc1Br. The molecule has 0 spiro atoms. The average molecular weight is 362 g/mol. The Morgan fingerprint density at radius 2 is 1.83 bits per heavy atom. The number of fused-ring (bicyclic) bond motifs is 1. The fourth-order valence-electron chi connectivity index (χ4n) is 1.27. The second kappa shape index (κ2) is 4.71. The molecular formula is C9H2BrCl2F3N2O. The number of nitrogens with zero attached hydrogens (tertiary/aromatic N) is 2. The molecule has 18 heavy (non-hydrogen) atoms. The van der Waals surface area contributed by atoms with Crippen molar-refractivity contribution in [3.8, 4) is 5.75 Å². The second-order valence-electron chi connectivity index (χ2n) is 3.13. The Balaban J connectivity index is 2.61. The summed E-state index contributed by atoms with van der Waals surface area (Å²) < 4.78 is 40.4. The van der Waals surface area contributed by atoms with Crippen LogP contribution in [0.3, 0.4) is 0 Å². The summed E-state index contributed by atoms with van der Waals surface area (Å²) in [5, 5.41) is 0.0666. The van der Waals surface area contributed by atoms with Gasteiger partial charge in [0.15, 0.2) is 0 Å². The van der Waals surface area contributed by atoms with Crippen molar-refractivity contribution < 1.29 is 17.9 Å². The van der Waals surface area contributed by atoms with Gasteiger partial charge in [-0.2, -0.15) is 0 Å². The molecule has 2 rings (SSSR count). The van der Waals surface area contributed by atoms with Gasteiger partial charge in [0.05, 0.1) is 9.99 Å². The molecule has 2 aromatic rings. The first-order valence-corrected chi connectivity index (χ1v) is 5.89. The number of hydrogen-bond donors (Lipinski definition) is 0. The van der Waals surface area contributed by atoms with Gasteiger partial charge in [0.25, 0.3) is 0 Å². The molecule has 0 aliphatic carbocycles. The summed E-state index contributed by atoms with van der Waals surface area (Å²) in [6, 6.07) is 2.40. The minimum absolute atomic E-state index is 0.0514. The van der Waals surface area contributed by atoms with Gasteiger partial charge in [-0.25, -0.2) is 9.97 Å². The van der Waals surface area contributed by atoms with Crippen molar-refractivity contribution in [2.24, 2.45) is 0 Å². The molecule has 1 aromatic carbocycles.